The van der Waals surface area contributed by atoms with E-state index in [1.807, 2.05) is 12.1 Å². The summed E-state index contributed by atoms with van der Waals surface area (Å²) in [5.41, 5.74) is 1.95. The fourth-order valence-corrected chi connectivity index (χ4v) is 2.63. The highest BCUT2D eigenvalue weighted by atomic mass is 16.4. The molecule has 0 aliphatic carbocycles. The number of benzene rings is 2. The van der Waals surface area contributed by atoms with Gasteiger partial charge < -0.3 is 9.52 Å². The smallest absolute Gasteiger partial charge is 0.335 e. The molecule has 1 N–H and O–H groups in total. The summed E-state index contributed by atoms with van der Waals surface area (Å²) in [6.07, 6.45) is 0.912. The molecule has 2 aromatic carbocycles. The second kappa shape index (κ2) is 5.30. The maximum absolute atomic E-state index is 12.5. The van der Waals surface area contributed by atoms with Crippen LogP contribution >= 0.6 is 0 Å². The summed E-state index contributed by atoms with van der Waals surface area (Å²) in [6, 6.07) is 9.91. The van der Waals surface area contributed by atoms with Gasteiger partial charge in [0.2, 0.25) is 5.43 Å². The van der Waals surface area contributed by atoms with Gasteiger partial charge in [-0.05, 0) is 48.2 Å². The first-order valence-corrected chi connectivity index (χ1v) is 7.18. The highest BCUT2D eigenvalue weighted by Gasteiger charge is 2.11. The van der Waals surface area contributed by atoms with Crippen LogP contribution in [0.2, 0.25) is 0 Å². The molecule has 3 aromatic rings. The maximum Gasteiger partial charge on any atom is 0.335 e. The van der Waals surface area contributed by atoms with Crippen molar-refractivity contribution in [3.05, 3.63) is 57.7 Å². The Hall–Kier alpha value is -2.62. The molecule has 0 saturated heterocycles. The number of hydrogen-bond donors (Lipinski definition) is 1. The molecule has 0 atom stereocenters. The number of carboxylic acids is 1. The monoisotopic (exact) mass is 296 g/mol. The van der Waals surface area contributed by atoms with Gasteiger partial charge in [-0.3, -0.25) is 4.79 Å². The van der Waals surface area contributed by atoms with Crippen molar-refractivity contribution in [2.45, 2.75) is 20.3 Å². The fourth-order valence-electron chi connectivity index (χ4n) is 2.63. The average Bonchev–Trinajstić information content (AvgIpc) is 2.46. The van der Waals surface area contributed by atoms with Crippen molar-refractivity contribution in [3.8, 4) is 0 Å². The molecule has 0 amide bonds. The Bertz CT molecular complexity index is 935. The number of fused-ring (bicyclic) bond motifs is 2. The van der Waals surface area contributed by atoms with E-state index >= 15 is 0 Å². The Labute approximate surface area is 127 Å². The summed E-state index contributed by atoms with van der Waals surface area (Å²) in [7, 11) is 0. The van der Waals surface area contributed by atoms with Crippen molar-refractivity contribution < 1.29 is 14.3 Å². The molecule has 112 valence electrons. The van der Waals surface area contributed by atoms with Gasteiger partial charge in [-0.25, -0.2) is 4.79 Å². The summed E-state index contributed by atoms with van der Waals surface area (Å²) in [6.45, 7) is 4.27. The molecule has 0 fully saturated rings. The van der Waals surface area contributed by atoms with Gasteiger partial charge in [0.25, 0.3) is 0 Å². The Kier molecular flexibility index (Phi) is 3.45. The van der Waals surface area contributed by atoms with Crippen molar-refractivity contribution in [1.29, 1.82) is 0 Å². The summed E-state index contributed by atoms with van der Waals surface area (Å²) < 4.78 is 5.79. The van der Waals surface area contributed by atoms with Crippen LogP contribution in [0.25, 0.3) is 21.9 Å². The summed E-state index contributed by atoms with van der Waals surface area (Å²) in [5, 5.41) is 9.81. The van der Waals surface area contributed by atoms with Crippen LogP contribution in [0.15, 0.2) is 45.6 Å². The molecule has 22 heavy (non-hydrogen) atoms. The first kappa shape index (κ1) is 14.3. The van der Waals surface area contributed by atoms with E-state index < -0.39 is 5.97 Å². The number of carbonyl (C=O) groups is 1. The molecule has 0 aliphatic rings. The van der Waals surface area contributed by atoms with Crippen molar-refractivity contribution in [1.82, 2.24) is 0 Å². The van der Waals surface area contributed by atoms with Crippen LogP contribution in [-0.4, -0.2) is 11.1 Å². The van der Waals surface area contributed by atoms with Gasteiger partial charge >= 0.3 is 5.97 Å². The predicted octanol–water partition coefficient (Wildman–Crippen LogP) is 3.84. The zero-order valence-corrected chi connectivity index (χ0v) is 12.4. The minimum absolute atomic E-state index is 0.0792. The molecular weight excluding hydrogens is 280 g/mol. The SMILES string of the molecule is CC(C)Cc1ccc2c(=O)c3cc(C(=O)O)ccc3oc2c1. The van der Waals surface area contributed by atoms with Crippen LogP contribution in [0.3, 0.4) is 0 Å². The van der Waals surface area contributed by atoms with Gasteiger partial charge in [0.15, 0.2) is 0 Å². The molecule has 4 nitrogen and oxygen atoms in total. The van der Waals surface area contributed by atoms with E-state index in [0.29, 0.717) is 27.9 Å². The third-order valence-corrected chi connectivity index (χ3v) is 3.63. The van der Waals surface area contributed by atoms with E-state index in [9.17, 15) is 9.59 Å². The summed E-state index contributed by atoms with van der Waals surface area (Å²) >= 11 is 0. The fraction of sp³-hybridized carbons (Fsp3) is 0.222. The van der Waals surface area contributed by atoms with E-state index in [-0.39, 0.29) is 11.0 Å². The van der Waals surface area contributed by atoms with E-state index in [0.717, 1.165) is 12.0 Å². The van der Waals surface area contributed by atoms with E-state index in [1.54, 1.807) is 6.07 Å². The third kappa shape index (κ3) is 2.48. The molecule has 1 heterocycles. The molecule has 0 unspecified atom stereocenters. The molecule has 0 radical (unpaired) electrons. The van der Waals surface area contributed by atoms with Crippen LogP contribution in [0.1, 0.15) is 29.8 Å². The molecule has 0 spiro atoms. The first-order valence-electron chi connectivity index (χ1n) is 7.18. The second-order valence-corrected chi connectivity index (χ2v) is 5.88. The second-order valence-electron chi connectivity index (χ2n) is 5.88. The minimum Gasteiger partial charge on any atom is -0.478 e. The van der Waals surface area contributed by atoms with Crippen molar-refractivity contribution in [2.24, 2.45) is 5.92 Å². The lowest BCUT2D eigenvalue weighted by Crippen LogP contribution is -2.05. The van der Waals surface area contributed by atoms with Crippen LogP contribution in [-0.2, 0) is 6.42 Å². The molecular formula is C18H16O4. The lowest BCUT2D eigenvalue weighted by Gasteiger charge is -2.07. The predicted molar refractivity (Wildman–Crippen MR) is 85.5 cm³/mol. The molecule has 0 bridgehead atoms. The van der Waals surface area contributed by atoms with Crippen LogP contribution < -0.4 is 5.43 Å². The lowest BCUT2D eigenvalue weighted by molar-refractivity contribution is 0.0697. The number of hydrogen-bond acceptors (Lipinski definition) is 3. The Morgan fingerprint density at radius 1 is 1.09 bits per heavy atom. The van der Waals surface area contributed by atoms with E-state index in [1.165, 1.54) is 18.2 Å². The van der Waals surface area contributed by atoms with E-state index in [4.69, 9.17) is 9.52 Å². The van der Waals surface area contributed by atoms with Crippen molar-refractivity contribution >= 4 is 27.9 Å². The van der Waals surface area contributed by atoms with Gasteiger partial charge in [0.1, 0.15) is 11.2 Å². The van der Waals surface area contributed by atoms with Crippen molar-refractivity contribution in [2.75, 3.05) is 0 Å². The van der Waals surface area contributed by atoms with Crippen LogP contribution in [0.5, 0.6) is 0 Å². The standard InChI is InChI=1S/C18H16O4/c1-10(2)7-11-3-5-13-16(8-11)22-15-6-4-12(18(20)21)9-14(15)17(13)19/h3-6,8-10H,7H2,1-2H3,(H,20,21). The van der Waals surface area contributed by atoms with Crippen LogP contribution in [0, 0.1) is 5.92 Å². The third-order valence-electron chi connectivity index (χ3n) is 3.63. The largest absolute Gasteiger partial charge is 0.478 e. The van der Waals surface area contributed by atoms with Crippen molar-refractivity contribution in [3.63, 3.8) is 0 Å². The van der Waals surface area contributed by atoms with Gasteiger partial charge in [-0.2, -0.15) is 0 Å². The zero-order valence-electron chi connectivity index (χ0n) is 12.4. The van der Waals surface area contributed by atoms with Gasteiger partial charge in [-0.15, -0.1) is 0 Å². The summed E-state index contributed by atoms with van der Waals surface area (Å²) in [4.78, 5) is 23.6. The molecule has 3 rings (SSSR count). The quantitative estimate of drug-likeness (QED) is 0.746. The Morgan fingerprint density at radius 2 is 1.86 bits per heavy atom. The Balaban J connectivity index is 2.26. The summed E-state index contributed by atoms with van der Waals surface area (Å²) in [5.74, 6) is -0.545. The lowest BCUT2D eigenvalue weighted by atomic mass is 10.0. The van der Waals surface area contributed by atoms with Gasteiger partial charge in [0, 0.05) is 0 Å². The topological polar surface area (TPSA) is 67.5 Å². The number of rotatable bonds is 3. The molecule has 1 aromatic heterocycles. The van der Waals surface area contributed by atoms with E-state index in [2.05, 4.69) is 13.8 Å². The molecule has 0 saturated carbocycles. The number of carboxylic acid groups (broad SMARTS) is 1. The maximum atomic E-state index is 12.5. The minimum atomic E-state index is -1.06. The van der Waals surface area contributed by atoms with Gasteiger partial charge in [-0.1, -0.05) is 19.9 Å². The Morgan fingerprint density at radius 3 is 2.55 bits per heavy atom. The number of aromatic carboxylic acids is 1. The first-order chi connectivity index (χ1) is 10.5. The van der Waals surface area contributed by atoms with Gasteiger partial charge in [0.05, 0.1) is 16.3 Å². The zero-order chi connectivity index (χ0) is 15.9. The highest BCUT2D eigenvalue weighted by Crippen LogP contribution is 2.22. The highest BCUT2D eigenvalue weighted by molar-refractivity contribution is 5.96. The molecule has 0 aliphatic heterocycles. The normalized spacial score (nSPS) is 11.4. The molecule has 4 heteroatoms. The average molecular weight is 296 g/mol. The van der Waals surface area contributed by atoms with Crippen LogP contribution in [0.4, 0.5) is 0 Å².